The van der Waals surface area contributed by atoms with Gasteiger partial charge in [-0.05, 0) is 32.2 Å². The zero-order chi connectivity index (χ0) is 10.2. The molecule has 0 aromatic heterocycles. The lowest BCUT2D eigenvalue weighted by Gasteiger charge is -2.19. The number of hydrogen-bond donors (Lipinski definition) is 3. The van der Waals surface area contributed by atoms with Crippen LogP contribution >= 0.6 is 0 Å². The lowest BCUT2D eigenvalue weighted by molar-refractivity contribution is 0.316. The van der Waals surface area contributed by atoms with Crippen LogP contribution in [0.25, 0.3) is 0 Å². The zero-order valence-electron chi connectivity index (χ0n) is 8.45. The Kier molecular flexibility index (Phi) is 5.07. The van der Waals surface area contributed by atoms with Crippen molar-refractivity contribution in [3.05, 3.63) is 12.2 Å². The van der Waals surface area contributed by atoms with E-state index in [0.29, 0.717) is 18.3 Å². The van der Waals surface area contributed by atoms with Gasteiger partial charge in [0.05, 0.1) is 0 Å². The Morgan fingerprint density at radius 3 is 3.07 bits per heavy atom. The fourth-order valence-corrected chi connectivity index (χ4v) is 1.60. The smallest absolute Gasteiger partial charge is 0.139 e. The first kappa shape index (κ1) is 11.0. The quantitative estimate of drug-likeness (QED) is 0.155. The third kappa shape index (κ3) is 4.28. The average molecular weight is 197 g/mol. The molecule has 14 heavy (non-hydrogen) atoms. The van der Waals surface area contributed by atoms with Gasteiger partial charge in [-0.1, -0.05) is 17.3 Å². The molecule has 1 rings (SSSR count). The number of nitrogens with one attached hydrogen (secondary N) is 1. The van der Waals surface area contributed by atoms with Crippen LogP contribution in [0.1, 0.15) is 32.1 Å². The summed E-state index contributed by atoms with van der Waals surface area (Å²) in [5, 5.41) is 14.7. The van der Waals surface area contributed by atoms with E-state index in [1.807, 2.05) is 0 Å². The summed E-state index contributed by atoms with van der Waals surface area (Å²) in [7, 11) is 0. The van der Waals surface area contributed by atoms with Crippen molar-refractivity contribution in [1.82, 2.24) is 5.32 Å². The van der Waals surface area contributed by atoms with Crippen molar-refractivity contribution < 1.29 is 5.21 Å². The van der Waals surface area contributed by atoms with Crippen LogP contribution in [-0.4, -0.2) is 23.6 Å². The van der Waals surface area contributed by atoms with Crippen LogP contribution in [0.15, 0.2) is 17.3 Å². The molecule has 80 valence electrons. The molecule has 0 aromatic rings. The Morgan fingerprint density at radius 1 is 1.57 bits per heavy atom. The molecule has 0 aromatic carbocycles. The third-order valence-corrected chi connectivity index (χ3v) is 2.44. The van der Waals surface area contributed by atoms with E-state index in [9.17, 15) is 0 Å². The number of allylic oxidation sites excluding steroid dienone is 1. The van der Waals surface area contributed by atoms with E-state index in [1.165, 1.54) is 12.8 Å². The van der Waals surface area contributed by atoms with Crippen LogP contribution in [0.5, 0.6) is 0 Å². The molecule has 0 fully saturated rings. The van der Waals surface area contributed by atoms with E-state index in [1.54, 1.807) is 0 Å². The average Bonchev–Trinajstić information content (AvgIpc) is 2.25. The molecule has 1 unspecified atom stereocenters. The topological polar surface area (TPSA) is 70.6 Å². The summed E-state index contributed by atoms with van der Waals surface area (Å²) in [6.07, 6.45) is 9.57. The minimum atomic E-state index is 0.315. The molecule has 0 saturated heterocycles. The molecule has 0 saturated carbocycles. The monoisotopic (exact) mass is 197 g/mol. The summed E-state index contributed by atoms with van der Waals surface area (Å²) in [6.45, 7) is 0.939. The molecule has 4 heteroatoms. The summed E-state index contributed by atoms with van der Waals surface area (Å²) in [5.41, 5.74) is 5.35. The van der Waals surface area contributed by atoms with Gasteiger partial charge in [0, 0.05) is 12.5 Å². The number of amidine groups is 1. The van der Waals surface area contributed by atoms with Gasteiger partial charge >= 0.3 is 0 Å². The number of rotatable bonds is 5. The van der Waals surface area contributed by atoms with E-state index < -0.39 is 0 Å². The van der Waals surface area contributed by atoms with Crippen molar-refractivity contribution >= 4 is 5.84 Å². The van der Waals surface area contributed by atoms with Gasteiger partial charge in [-0.25, -0.2) is 0 Å². The van der Waals surface area contributed by atoms with Crippen LogP contribution in [0.3, 0.4) is 0 Å². The van der Waals surface area contributed by atoms with Gasteiger partial charge in [-0.2, -0.15) is 0 Å². The summed E-state index contributed by atoms with van der Waals surface area (Å²) < 4.78 is 0. The lowest BCUT2D eigenvalue weighted by Crippen LogP contribution is -2.31. The third-order valence-electron chi connectivity index (χ3n) is 2.44. The van der Waals surface area contributed by atoms with Gasteiger partial charge in [-0.15, -0.1) is 0 Å². The zero-order valence-corrected chi connectivity index (χ0v) is 8.45. The Balaban J connectivity index is 2.01. The van der Waals surface area contributed by atoms with Crippen molar-refractivity contribution in [3.63, 3.8) is 0 Å². The molecule has 1 aliphatic carbocycles. The Bertz CT molecular complexity index is 213. The number of hydrogen-bond acceptors (Lipinski definition) is 3. The van der Waals surface area contributed by atoms with Crippen molar-refractivity contribution in [3.8, 4) is 0 Å². The SMILES string of the molecule is NC(CCCNC1CC=CCC1)=NO. The van der Waals surface area contributed by atoms with Crippen molar-refractivity contribution in [2.75, 3.05) is 6.54 Å². The molecular weight excluding hydrogens is 178 g/mol. The molecule has 0 bridgehead atoms. The van der Waals surface area contributed by atoms with Gasteiger partial charge in [-0.3, -0.25) is 0 Å². The van der Waals surface area contributed by atoms with Crippen LogP contribution in [0.4, 0.5) is 0 Å². The molecule has 1 atom stereocenters. The molecule has 0 radical (unpaired) electrons. The Morgan fingerprint density at radius 2 is 2.43 bits per heavy atom. The maximum absolute atomic E-state index is 8.32. The number of nitrogens with two attached hydrogens (primary N) is 1. The van der Waals surface area contributed by atoms with Gasteiger partial charge < -0.3 is 16.3 Å². The van der Waals surface area contributed by atoms with E-state index in [4.69, 9.17) is 10.9 Å². The molecule has 0 spiro atoms. The van der Waals surface area contributed by atoms with Crippen LogP contribution in [0, 0.1) is 0 Å². The van der Waals surface area contributed by atoms with Crippen molar-refractivity contribution in [2.24, 2.45) is 10.9 Å². The maximum atomic E-state index is 8.32. The minimum Gasteiger partial charge on any atom is -0.409 e. The normalized spacial score (nSPS) is 22.6. The molecule has 1 aliphatic rings. The lowest BCUT2D eigenvalue weighted by atomic mass is 10.0. The van der Waals surface area contributed by atoms with Crippen LogP contribution < -0.4 is 11.1 Å². The fraction of sp³-hybridized carbons (Fsp3) is 0.700. The highest BCUT2D eigenvalue weighted by molar-refractivity contribution is 5.79. The second-order valence-corrected chi connectivity index (χ2v) is 3.63. The second kappa shape index (κ2) is 6.43. The first-order valence-electron chi connectivity index (χ1n) is 5.17. The van der Waals surface area contributed by atoms with E-state index >= 15 is 0 Å². The van der Waals surface area contributed by atoms with Crippen LogP contribution in [0.2, 0.25) is 0 Å². The van der Waals surface area contributed by atoms with Crippen LogP contribution in [-0.2, 0) is 0 Å². The molecule has 4 N–H and O–H groups in total. The standard InChI is InChI=1S/C10H19N3O/c11-10(13-14)7-4-8-12-9-5-2-1-3-6-9/h1-2,9,12,14H,3-8H2,(H2,11,13). The summed E-state index contributed by atoms with van der Waals surface area (Å²) in [6, 6.07) is 0.618. The largest absolute Gasteiger partial charge is 0.409 e. The predicted octanol–water partition coefficient (Wildman–Crippen LogP) is 1.21. The predicted molar refractivity (Wildman–Crippen MR) is 57.4 cm³/mol. The Labute approximate surface area is 84.9 Å². The maximum Gasteiger partial charge on any atom is 0.139 e. The first-order valence-corrected chi connectivity index (χ1v) is 5.17. The van der Waals surface area contributed by atoms with Crippen molar-refractivity contribution in [2.45, 2.75) is 38.1 Å². The summed E-state index contributed by atoms with van der Waals surface area (Å²) >= 11 is 0. The van der Waals surface area contributed by atoms with Crippen molar-refractivity contribution in [1.29, 1.82) is 0 Å². The molecule has 0 heterocycles. The van der Waals surface area contributed by atoms with Gasteiger partial charge in [0.2, 0.25) is 0 Å². The van der Waals surface area contributed by atoms with Gasteiger partial charge in [0.15, 0.2) is 0 Å². The molecular formula is C10H19N3O. The highest BCUT2D eigenvalue weighted by atomic mass is 16.4. The number of nitrogens with zero attached hydrogens (tertiary/aromatic N) is 1. The van der Waals surface area contributed by atoms with E-state index in [2.05, 4.69) is 22.6 Å². The number of oxime groups is 1. The van der Waals surface area contributed by atoms with Gasteiger partial charge in [0.25, 0.3) is 0 Å². The summed E-state index contributed by atoms with van der Waals surface area (Å²) in [5.74, 6) is 0.315. The molecule has 4 nitrogen and oxygen atoms in total. The Hall–Kier alpha value is -1.03. The molecule has 0 amide bonds. The molecule has 0 aliphatic heterocycles. The highest BCUT2D eigenvalue weighted by Gasteiger charge is 2.07. The van der Waals surface area contributed by atoms with E-state index in [-0.39, 0.29) is 0 Å². The first-order chi connectivity index (χ1) is 6.83. The van der Waals surface area contributed by atoms with E-state index in [0.717, 1.165) is 19.4 Å². The summed E-state index contributed by atoms with van der Waals surface area (Å²) in [4.78, 5) is 0. The minimum absolute atomic E-state index is 0.315. The van der Waals surface area contributed by atoms with Gasteiger partial charge in [0.1, 0.15) is 5.84 Å². The second-order valence-electron chi connectivity index (χ2n) is 3.63. The highest BCUT2D eigenvalue weighted by Crippen LogP contribution is 2.10. The fourth-order valence-electron chi connectivity index (χ4n) is 1.60.